The number of rotatable bonds is 7. The van der Waals surface area contributed by atoms with Gasteiger partial charge in [0.2, 0.25) is 0 Å². The summed E-state index contributed by atoms with van der Waals surface area (Å²) in [7, 11) is 0. The molecule has 5 heteroatoms. The van der Waals surface area contributed by atoms with E-state index in [9.17, 15) is 4.39 Å². The van der Waals surface area contributed by atoms with E-state index in [1.54, 1.807) is 12.1 Å². The molecule has 0 unspecified atom stereocenters. The van der Waals surface area contributed by atoms with Crippen molar-refractivity contribution in [1.82, 2.24) is 0 Å². The van der Waals surface area contributed by atoms with E-state index in [1.165, 1.54) is 6.07 Å². The van der Waals surface area contributed by atoms with Crippen LogP contribution < -0.4 is 5.73 Å². The molecule has 0 bridgehead atoms. The highest BCUT2D eigenvalue weighted by molar-refractivity contribution is 5.97. The molecule has 18 heavy (non-hydrogen) atoms. The summed E-state index contributed by atoms with van der Waals surface area (Å²) >= 11 is 0. The van der Waals surface area contributed by atoms with Gasteiger partial charge in [-0.15, -0.1) is 0 Å². The molecule has 1 aromatic rings. The van der Waals surface area contributed by atoms with Gasteiger partial charge in [-0.05, 0) is 12.5 Å². The van der Waals surface area contributed by atoms with Crippen molar-refractivity contribution in [3.05, 3.63) is 35.1 Å². The molecule has 0 aliphatic rings. The van der Waals surface area contributed by atoms with Crippen molar-refractivity contribution in [2.45, 2.75) is 32.8 Å². The molecule has 1 aromatic carbocycles. The lowest BCUT2D eigenvalue weighted by Crippen LogP contribution is -2.13. The standard InChI is InChI=1S/C13H19FN2O2/c1-2-3-4-7-18-9-11-6-5-10(8-12(11)14)13(15)16-17/h5-6,8,17H,2-4,7,9H2,1H3,(H2,15,16). The Morgan fingerprint density at radius 2 is 2.22 bits per heavy atom. The zero-order valence-electron chi connectivity index (χ0n) is 10.5. The third kappa shape index (κ3) is 4.33. The van der Waals surface area contributed by atoms with Gasteiger partial charge in [-0.2, -0.15) is 0 Å². The SMILES string of the molecule is CCCCCOCc1ccc(/C(N)=N/O)cc1F. The number of nitrogens with two attached hydrogens (primary N) is 1. The van der Waals surface area contributed by atoms with Crippen LogP contribution in [0.2, 0.25) is 0 Å². The van der Waals surface area contributed by atoms with E-state index in [0.717, 1.165) is 19.3 Å². The van der Waals surface area contributed by atoms with Gasteiger partial charge in [0.1, 0.15) is 5.82 Å². The first kappa shape index (κ1) is 14.4. The third-order valence-corrected chi connectivity index (χ3v) is 2.61. The number of benzene rings is 1. The molecule has 0 saturated carbocycles. The fraction of sp³-hybridized carbons (Fsp3) is 0.462. The highest BCUT2D eigenvalue weighted by Gasteiger charge is 2.06. The van der Waals surface area contributed by atoms with Crippen LogP contribution >= 0.6 is 0 Å². The number of halogens is 1. The van der Waals surface area contributed by atoms with Crippen LogP contribution in [0.4, 0.5) is 4.39 Å². The minimum atomic E-state index is -0.408. The fourth-order valence-electron chi connectivity index (χ4n) is 1.52. The first-order valence-corrected chi connectivity index (χ1v) is 6.03. The normalized spacial score (nSPS) is 11.8. The van der Waals surface area contributed by atoms with E-state index in [4.69, 9.17) is 15.7 Å². The monoisotopic (exact) mass is 254 g/mol. The molecule has 0 aliphatic heterocycles. The van der Waals surface area contributed by atoms with E-state index >= 15 is 0 Å². The van der Waals surface area contributed by atoms with E-state index in [2.05, 4.69) is 12.1 Å². The zero-order chi connectivity index (χ0) is 13.4. The Balaban J connectivity index is 2.52. The highest BCUT2D eigenvalue weighted by atomic mass is 19.1. The molecule has 0 saturated heterocycles. The van der Waals surface area contributed by atoms with Crippen LogP contribution in [0.15, 0.2) is 23.4 Å². The van der Waals surface area contributed by atoms with Gasteiger partial charge in [-0.3, -0.25) is 0 Å². The summed E-state index contributed by atoms with van der Waals surface area (Å²) in [6, 6.07) is 4.42. The Labute approximate surface area is 106 Å². The molecule has 0 aromatic heterocycles. The lowest BCUT2D eigenvalue weighted by atomic mass is 10.1. The molecule has 3 N–H and O–H groups in total. The average molecular weight is 254 g/mol. The van der Waals surface area contributed by atoms with E-state index in [-0.39, 0.29) is 12.4 Å². The lowest BCUT2D eigenvalue weighted by Gasteiger charge is -2.06. The Morgan fingerprint density at radius 3 is 2.83 bits per heavy atom. The summed E-state index contributed by atoms with van der Waals surface area (Å²) < 4.78 is 19.0. The minimum Gasteiger partial charge on any atom is -0.409 e. The van der Waals surface area contributed by atoms with Gasteiger partial charge in [-0.25, -0.2) is 4.39 Å². The van der Waals surface area contributed by atoms with Crippen molar-refractivity contribution >= 4 is 5.84 Å². The maximum atomic E-state index is 13.6. The number of oxime groups is 1. The molecule has 0 fully saturated rings. The van der Waals surface area contributed by atoms with Crippen molar-refractivity contribution in [3.63, 3.8) is 0 Å². The maximum Gasteiger partial charge on any atom is 0.170 e. The highest BCUT2D eigenvalue weighted by Crippen LogP contribution is 2.12. The Hall–Kier alpha value is -1.62. The summed E-state index contributed by atoms with van der Waals surface area (Å²) in [4.78, 5) is 0. The topological polar surface area (TPSA) is 67.8 Å². The first-order chi connectivity index (χ1) is 8.69. The second-order valence-corrected chi connectivity index (χ2v) is 4.05. The van der Waals surface area contributed by atoms with Gasteiger partial charge in [0.15, 0.2) is 5.84 Å². The Bertz CT molecular complexity index is 408. The van der Waals surface area contributed by atoms with Gasteiger partial charge >= 0.3 is 0 Å². The van der Waals surface area contributed by atoms with Crippen molar-refractivity contribution < 1.29 is 14.3 Å². The summed E-state index contributed by atoms with van der Waals surface area (Å²) in [6.07, 6.45) is 3.23. The molecule has 0 radical (unpaired) electrons. The summed E-state index contributed by atoms with van der Waals surface area (Å²) in [6.45, 7) is 2.99. The smallest absolute Gasteiger partial charge is 0.170 e. The molecular formula is C13H19FN2O2. The van der Waals surface area contributed by atoms with Crippen molar-refractivity contribution in [2.75, 3.05) is 6.61 Å². The lowest BCUT2D eigenvalue weighted by molar-refractivity contribution is 0.115. The quantitative estimate of drug-likeness (QED) is 0.258. The van der Waals surface area contributed by atoms with E-state index in [0.29, 0.717) is 17.7 Å². The van der Waals surface area contributed by atoms with Gasteiger partial charge in [0.05, 0.1) is 6.61 Å². The Morgan fingerprint density at radius 1 is 1.44 bits per heavy atom. The number of ether oxygens (including phenoxy) is 1. The van der Waals surface area contributed by atoms with Gasteiger partial charge in [0.25, 0.3) is 0 Å². The molecular weight excluding hydrogens is 235 g/mol. The number of unbranched alkanes of at least 4 members (excludes halogenated alkanes) is 2. The molecule has 0 atom stereocenters. The van der Waals surface area contributed by atoms with Crippen LogP contribution in [0.1, 0.15) is 37.3 Å². The predicted molar refractivity (Wildman–Crippen MR) is 68.1 cm³/mol. The first-order valence-electron chi connectivity index (χ1n) is 6.03. The second kappa shape index (κ2) is 7.66. The summed E-state index contributed by atoms with van der Waals surface area (Å²) in [5.74, 6) is -0.515. The summed E-state index contributed by atoms with van der Waals surface area (Å²) in [5, 5.41) is 11.3. The van der Waals surface area contributed by atoms with Crippen molar-refractivity contribution in [3.8, 4) is 0 Å². The number of nitrogens with zero attached hydrogens (tertiary/aromatic N) is 1. The second-order valence-electron chi connectivity index (χ2n) is 4.05. The molecule has 4 nitrogen and oxygen atoms in total. The number of hydrogen-bond acceptors (Lipinski definition) is 3. The van der Waals surface area contributed by atoms with E-state index < -0.39 is 5.82 Å². The molecule has 0 amide bonds. The third-order valence-electron chi connectivity index (χ3n) is 2.61. The zero-order valence-corrected chi connectivity index (χ0v) is 10.5. The van der Waals surface area contributed by atoms with Crippen LogP contribution in [-0.2, 0) is 11.3 Å². The van der Waals surface area contributed by atoms with E-state index in [1.807, 2.05) is 0 Å². The van der Waals surface area contributed by atoms with Gasteiger partial charge in [-0.1, -0.05) is 37.1 Å². The Kier molecular flexibility index (Phi) is 6.14. The van der Waals surface area contributed by atoms with Crippen LogP contribution in [0.3, 0.4) is 0 Å². The van der Waals surface area contributed by atoms with Crippen LogP contribution in [-0.4, -0.2) is 17.6 Å². The number of amidine groups is 1. The maximum absolute atomic E-state index is 13.6. The van der Waals surface area contributed by atoms with Crippen molar-refractivity contribution in [2.24, 2.45) is 10.9 Å². The number of hydrogen-bond donors (Lipinski definition) is 2. The van der Waals surface area contributed by atoms with Crippen LogP contribution in [0.5, 0.6) is 0 Å². The fourth-order valence-corrected chi connectivity index (χ4v) is 1.52. The molecule has 0 heterocycles. The molecule has 100 valence electrons. The summed E-state index contributed by atoms with van der Waals surface area (Å²) in [5.41, 5.74) is 6.20. The average Bonchev–Trinajstić information content (AvgIpc) is 2.39. The van der Waals surface area contributed by atoms with Crippen molar-refractivity contribution in [1.29, 1.82) is 0 Å². The minimum absolute atomic E-state index is 0.107. The molecule has 0 aliphatic carbocycles. The molecule has 1 rings (SSSR count). The van der Waals surface area contributed by atoms with Gasteiger partial charge in [0, 0.05) is 17.7 Å². The van der Waals surface area contributed by atoms with Crippen LogP contribution in [0, 0.1) is 5.82 Å². The van der Waals surface area contributed by atoms with Gasteiger partial charge < -0.3 is 15.7 Å². The molecule has 0 spiro atoms. The largest absolute Gasteiger partial charge is 0.409 e. The predicted octanol–water partition coefficient (Wildman–Crippen LogP) is 2.63. The van der Waals surface area contributed by atoms with Crippen LogP contribution in [0.25, 0.3) is 0 Å².